The van der Waals surface area contributed by atoms with Gasteiger partial charge in [0.15, 0.2) is 0 Å². The third kappa shape index (κ3) is 2.89. The van der Waals surface area contributed by atoms with Crippen LogP contribution in [0.4, 0.5) is 4.79 Å². The van der Waals surface area contributed by atoms with Gasteiger partial charge in [-0.1, -0.05) is 18.2 Å². The normalized spacial score (nSPS) is 10.3. The number of carbonyl (C=O) groups excluding carboxylic acids is 2. The number of amides is 3. The van der Waals surface area contributed by atoms with Gasteiger partial charge in [0.1, 0.15) is 6.54 Å². The lowest BCUT2D eigenvalue weighted by atomic mass is 10.1. The van der Waals surface area contributed by atoms with Crippen molar-refractivity contribution in [2.45, 2.75) is 6.54 Å². The molecule has 108 valence electrons. The van der Waals surface area contributed by atoms with E-state index in [1.54, 1.807) is 12.1 Å². The molecule has 21 heavy (non-hydrogen) atoms. The Kier molecular flexibility index (Phi) is 3.70. The minimum Gasteiger partial charge on any atom is -0.478 e. The maximum atomic E-state index is 12.0. The number of primary amides is 1. The standard InChI is InChI=1S/C13H11N3O5/c14-13(21)15-10(17)6-16-9-4-2-1-3-7(9)8(12(19)20)5-11(16)18/h1-5H,6H2,(H,19,20)(H3,14,15,17,21). The van der Waals surface area contributed by atoms with Gasteiger partial charge >= 0.3 is 12.0 Å². The number of aromatic nitrogens is 1. The molecule has 4 N–H and O–H groups in total. The molecule has 0 spiro atoms. The Morgan fingerprint density at radius 2 is 1.90 bits per heavy atom. The van der Waals surface area contributed by atoms with E-state index >= 15 is 0 Å². The van der Waals surface area contributed by atoms with Crippen LogP contribution < -0.4 is 16.6 Å². The first kappa shape index (κ1) is 14.3. The summed E-state index contributed by atoms with van der Waals surface area (Å²) in [6, 6.07) is 6.17. The van der Waals surface area contributed by atoms with Crippen LogP contribution in [0.25, 0.3) is 10.9 Å². The summed E-state index contributed by atoms with van der Waals surface area (Å²) in [6.45, 7) is -0.442. The lowest BCUT2D eigenvalue weighted by Gasteiger charge is -2.11. The molecule has 0 atom stereocenters. The predicted molar refractivity (Wildman–Crippen MR) is 72.9 cm³/mol. The Morgan fingerprint density at radius 3 is 2.52 bits per heavy atom. The lowest BCUT2D eigenvalue weighted by Crippen LogP contribution is -2.39. The fourth-order valence-electron chi connectivity index (χ4n) is 2.00. The van der Waals surface area contributed by atoms with Crippen molar-refractivity contribution in [1.29, 1.82) is 0 Å². The minimum absolute atomic E-state index is 0.151. The number of nitrogens with one attached hydrogen (secondary N) is 1. The summed E-state index contributed by atoms with van der Waals surface area (Å²) in [6.07, 6.45) is 0. The van der Waals surface area contributed by atoms with Gasteiger partial charge in [-0.2, -0.15) is 0 Å². The second-order valence-electron chi connectivity index (χ2n) is 4.22. The second kappa shape index (κ2) is 5.45. The number of pyridine rings is 1. The minimum atomic E-state index is -1.24. The molecule has 0 aliphatic heterocycles. The highest BCUT2D eigenvalue weighted by Gasteiger charge is 2.15. The van der Waals surface area contributed by atoms with Gasteiger partial charge in [-0.05, 0) is 6.07 Å². The molecule has 3 amide bonds. The highest BCUT2D eigenvalue weighted by Crippen LogP contribution is 2.16. The summed E-state index contributed by atoms with van der Waals surface area (Å²) < 4.78 is 1.07. The van der Waals surface area contributed by atoms with Crippen molar-refractivity contribution in [3.8, 4) is 0 Å². The first-order chi connectivity index (χ1) is 9.90. The van der Waals surface area contributed by atoms with Crippen LogP contribution in [0.3, 0.4) is 0 Å². The smallest absolute Gasteiger partial charge is 0.336 e. The summed E-state index contributed by atoms with van der Waals surface area (Å²) >= 11 is 0. The molecule has 0 saturated carbocycles. The van der Waals surface area contributed by atoms with Crippen molar-refractivity contribution in [2.24, 2.45) is 5.73 Å². The number of nitrogens with two attached hydrogens (primary N) is 1. The molecule has 2 rings (SSSR count). The Hall–Kier alpha value is -3.16. The van der Waals surface area contributed by atoms with Gasteiger partial charge in [-0.15, -0.1) is 0 Å². The highest BCUT2D eigenvalue weighted by molar-refractivity contribution is 6.02. The van der Waals surface area contributed by atoms with Crippen molar-refractivity contribution in [3.63, 3.8) is 0 Å². The van der Waals surface area contributed by atoms with Crippen LogP contribution in [0.15, 0.2) is 35.1 Å². The molecule has 0 radical (unpaired) electrons. The number of hydrogen-bond acceptors (Lipinski definition) is 4. The maximum absolute atomic E-state index is 12.0. The van der Waals surface area contributed by atoms with Gasteiger partial charge in [-0.25, -0.2) is 9.59 Å². The third-order valence-corrected chi connectivity index (χ3v) is 2.81. The molecule has 0 aliphatic carbocycles. The van der Waals surface area contributed by atoms with Crippen LogP contribution in [-0.2, 0) is 11.3 Å². The molecule has 0 unspecified atom stereocenters. The largest absolute Gasteiger partial charge is 0.478 e. The molecule has 1 aromatic carbocycles. The number of nitrogens with zero attached hydrogens (tertiary/aromatic N) is 1. The van der Waals surface area contributed by atoms with Crippen molar-refractivity contribution in [2.75, 3.05) is 0 Å². The fourth-order valence-corrected chi connectivity index (χ4v) is 2.00. The molecule has 0 aliphatic rings. The van der Waals surface area contributed by atoms with Gasteiger partial charge in [0.2, 0.25) is 5.91 Å². The monoisotopic (exact) mass is 289 g/mol. The number of para-hydroxylation sites is 1. The van der Waals surface area contributed by atoms with E-state index in [9.17, 15) is 19.2 Å². The van der Waals surface area contributed by atoms with Crippen molar-refractivity contribution >= 4 is 28.8 Å². The van der Waals surface area contributed by atoms with Crippen LogP contribution in [0.1, 0.15) is 10.4 Å². The van der Waals surface area contributed by atoms with E-state index in [1.165, 1.54) is 12.1 Å². The fraction of sp³-hybridized carbons (Fsp3) is 0.0769. The predicted octanol–water partition coefficient (Wildman–Crippen LogP) is -0.105. The van der Waals surface area contributed by atoms with Crippen LogP contribution in [-0.4, -0.2) is 27.6 Å². The Bertz CT molecular complexity index is 809. The molecule has 1 aromatic heterocycles. The van der Waals surface area contributed by atoms with E-state index in [-0.39, 0.29) is 11.1 Å². The molecular weight excluding hydrogens is 278 g/mol. The van der Waals surface area contributed by atoms with Crippen LogP contribution in [0.2, 0.25) is 0 Å². The van der Waals surface area contributed by atoms with E-state index in [0.29, 0.717) is 5.39 Å². The first-order valence-corrected chi connectivity index (χ1v) is 5.85. The lowest BCUT2D eigenvalue weighted by molar-refractivity contribution is -0.120. The molecular formula is C13H11N3O5. The zero-order valence-corrected chi connectivity index (χ0v) is 10.7. The Labute approximate surface area is 117 Å². The molecule has 8 heteroatoms. The summed E-state index contributed by atoms with van der Waals surface area (Å²) in [5.41, 5.74) is 4.29. The number of benzene rings is 1. The molecule has 0 bridgehead atoms. The summed E-state index contributed by atoms with van der Waals surface area (Å²) in [4.78, 5) is 45.3. The number of hydrogen-bond donors (Lipinski definition) is 3. The number of fused-ring (bicyclic) bond motifs is 1. The van der Waals surface area contributed by atoms with Gasteiger partial charge in [0.05, 0.1) is 11.1 Å². The number of carboxylic acid groups (broad SMARTS) is 1. The summed E-state index contributed by atoms with van der Waals surface area (Å²) in [5, 5.41) is 11.3. The van der Waals surface area contributed by atoms with Crippen molar-refractivity contribution in [3.05, 3.63) is 46.2 Å². The topological polar surface area (TPSA) is 131 Å². The Balaban J connectivity index is 2.60. The number of imide groups is 1. The van der Waals surface area contributed by atoms with Crippen LogP contribution in [0.5, 0.6) is 0 Å². The van der Waals surface area contributed by atoms with Gasteiger partial charge in [-0.3, -0.25) is 19.5 Å². The number of carbonyl (C=O) groups is 3. The van der Waals surface area contributed by atoms with E-state index in [1.807, 2.05) is 5.32 Å². The average molecular weight is 289 g/mol. The molecule has 8 nitrogen and oxygen atoms in total. The molecule has 0 fully saturated rings. The van der Waals surface area contributed by atoms with E-state index in [0.717, 1.165) is 10.6 Å². The Morgan fingerprint density at radius 1 is 1.24 bits per heavy atom. The number of rotatable bonds is 3. The average Bonchev–Trinajstić information content (AvgIpc) is 2.40. The van der Waals surface area contributed by atoms with Crippen molar-refractivity contribution < 1.29 is 19.5 Å². The molecule has 0 saturated heterocycles. The van der Waals surface area contributed by atoms with Crippen molar-refractivity contribution in [1.82, 2.24) is 9.88 Å². The van der Waals surface area contributed by atoms with Gasteiger partial charge in [0, 0.05) is 11.5 Å². The van der Waals surface area contributed by atoms with E-state index in [4.69, 9.17) is 10.8 Å². The summed E-state index contributed by atoms with van der Waals surface area (Å²) in [7, 11) is 0. The summed E-state index contributed by atoms with van der Waals surface area (Å²) in [5.74, 6) is -2.00. The number of urea groups is 1. The number of carboxylic acids is 1. The SMILES string of the molecule is NC(=O)NC(=O)Cn1c(=O)cc(C(=O)O)c2ccccc21. The zero-order valence-electron chi connectivity index (χ0n) is 10.7. The van der Waals surface area contributed by atoms with E-state index in [2.05, 4.69) is 0 Å². The highest BCUT2D eigenvalue weighted by atomic mass is 16.4. The number of aromatic carboxylic acids is 1. The molecule has 2 aromatic rings. The first-order valence-electron chi connectivity index (χ1n) is 5.85. The van der Waals surface area contributed by atoms with Gasteiger partial charge in [0.25, 0.3) is 5.56 Å². The van der Waals surface area contributed by atoms with E-state index < -0.39 is 30.0 Å². The van der Waals surface area contributed by atoms with Gasteiger partial charge < -0.3 is 10.8 Å². The zero-order chi connectivity index (χ0) is 15.6. The third-order valence-electron chi connectivity index (χ3n) is 2.81. The van der Waals surface area contributed by atoms with Crippen LogP contribution >= 0.6 is 0 Å². The second-order valence-corrected chi connectivity index (χ2v) is 4.22. The maximum Gasteiger partial charge on any atom is 0.336 e. The quantitative estimate of drug-likeness (QED) is 0.725. The van der Waals surface area contributed by atoms with Crippen LogP contribution in [0, 0.1) is 0 Å². The molecule has 1 heterocycles.